The van der Waals surface area contributed by atoms with Gasteiger partial charge in [0.05, 0.1) is 12.1 Å². The van der Waals surface area contributed by atoms with Crippen LogP contribution >= 0.6 is 15.9 Å². The van der Waals surface area contributed by atoms with Gasteiger partial charge >= 0.3 is 0 Å². The first kappa shape index (κ1) is 16.7. The van der Waals surface area contributed by atoms with Crippen molar-refractivity contribution in [3.8, 4) is 0 Å². The van der Waals surface area contributed by atoms with Crippen molar-refractivity contribution in [3.05, 3.63) is 58.1 Å². The molecule has 1 N–H and O–H groups in total. The Kier molecular flexibility index (Phi) is 4.71. The molecule has 1 aliphatic rings. The number of rotatable bonds is 4. The monoisotopic (exact) mass is 386 g/mol. The first-order valence-electron chi connectivity index (χ1n) is 7.98. The first-order chi connectivity index (χ1) is 11.5. The van der Waals surface area contributed by atoms with Crippen molar-refractivity contribution < 1.29 is 9.59 Å². The molecule has 3 rings (SSSR count). The maximum atomic E-state index is 12.7. The smallest absolute Gasteiger partial charge is 0.256 e. The Balaban J connectivity index is 1.80. The molecule has 1 fully saturated rings. The van der Waals surface area contributed by atoms with Gasteiger partial charge in [-0.25, -0.2) is 4.90 Å². The third-order valence-electron chi connectivity index (χ3n) is 4.19. The van der Waals surface area contributed by atoms with Gasteiger partial charge in [-0.2, -0.15) is 0 Å². The predicted molar refractivity (Wildman–Crippen MR) is 99.2 cm³/mol. The van der Waals surface area contributed by atoms with Gasteiger partial charge < -0.3 is 5.32 Å². The van der Waals surface area contributed by atoms with E-state index >= 15 is 0 Å². The molecule has 24 heavy (non-hydrogen) atoms. The number of aryl methyl sites for hydroxylation is 2. The predicted octanol–water partition coefficient (Wildman–Crippen LogP) is 4.06. The van der Waals surface area contributed by atoms with Gasteiger partial charge in [-0.15, -0.1) is 0 Å². The van der Waals surface area contributed by atoms with Crippen LogP contribution in [-0.4, -0.2) is 17.9 Å². The van der Waals surface area contributed by atoms with E-state index in [1.807, 2.05) is 43.3 Å². The Morgan fingerprint density at radius 3 is 2.50 bits per heavy atom. The zero-order chi connectivity index (χ0) is 17.3. The number of hydrogen-bond donors (Lipinski definition) is 1. The highest BCUT2D eigenvalue weighted by Gasteiger charge is 2.40. The number of carbonyl (C=O) groups excluding carboxylic acids is 2. The van der Waals surface area contributed by atoms with Crippen LogP contribution in [-0.2, 0) is 16.0 Å². The van der Waals surface area contributed by atoms with Crippen molar-refractivity contribution in [1.29, 1.82) is 0 Å². The number of carbonyl (C=O) groups is 2. The van der Waals surface area contributed by atoms with Crippen LogP contribution in [0.1, 0.15) is 24.5 Å². The number of amides is 2. The molecule has 0 aromatic heterocycles. The molecule has 4 nitrogen and oxygen atoms in total. The van der Waals surface area contributed by atoms with Crippen LogP contribution in [0.25, 0.3) is 0 Å². The topological polar surface area (TPSA) is 49.4 Å². The van der Waals surface area contributed by atoms with Crippen LogP contribution in [0.2, 0.25) is 0 Å². The molecule has 0 aliphatic carbocycles. The number of hydrogen-bond acceptors (Lipinski definition) is 3. The van der Waals surface area contributed by atoms with Gasteiger partial charge in [0.2, 0.25) is 5.91 Å². The minimum absolute atomic E-state index is 0.161. The lowest BCUT2D eigenvalue weighted by molar-refractivity contribution is -0.121. The van der Waals surface area contributed by atoms with Gasteiger partial charge in [-0.05, 0) is 64.7 Å². The maximum absolute atomic E-state index is 12.7. The molecule has 1 atom stereocenters. The molecule has 1 heterocycles. The third kappa shape index (κ3) is 3.22. The van der Waals surface area contributed by atoms with Crippen LogP contribution in [0.4, 0.5) is 11.4 Å². The Morgan fingerprint density at radius 2 is 1.88 bits per heavy atom. The molecule has 124 valence electrons. The number of imide groups is 1. The van der Waals surface area contributed by atoms with E-state index in [4.69, 9.17) is 0 Å². The lowest BCUT2D eigenvalue weighted by Crippen LogP contribution is -2.35. The summed E-state index contributed by atoms with van der Waals surface area (Å²) in [5, 5.41) is 3.18. The largest absolute Gasteiger partial charge is 0.373 e. The molecule has 0 radical (unpaired) electrons. The first-order valence-corrected chi connectivity index (χ1v) is 8.77. The molecule has 0 bridgehead atoms. The lowest BCUT2D eigenvalue weighted by atomic mass is 10.1. The van der Waals surface area contributed by atoms with Crippen molar-refractivity contribution in [2.45, 2.75) is 32.7 Å². The lowest BCUT2D eigenvalue weighted by Gasteiger charge is -2.18. The highest BCUT2D eigenvalue weighted by Crippen LogP contribution is 2.32. The van der Waals surface area contributed by atoms with E-state index in [2.05, 4.69) is 28.2 Å². The van der Waals surface area contributed by atoms with Gasteiger partial charge in [-0.3, -0.25) is 9.59 Å². The normalized spacial score (nSPS) is 17.5. The molecule has 0 saturated carbocycles. The van der Waals surface area contributed by atoms with Crippen LogP contribution in [0.3, 0.4) is 0 Å². The van der Waals surface area contributed by atoms with Crippen LogP contribution in [0.15, 0.2) is 46.9 Å². The number of nitrogens with one attached hydrogen (secondary N) is 1. The average Bonchev–Trinajstić information content (AvgIpc) is 2.83. The highest BCUT2D eigenvalue weighted by molar-refractivity contribution is 9.10. The fraction of sp³-hybridized carbons (Fsp3) is 0.263. The quantitative estimate of drug-likeness (QED) is 0.805. The summed E-state index contributed by atoms with van der Waals surface area (Å²) in [4.78, 5) is 26.3. The van der Waals surface area contributed by atoms with Crippen molar-refractivity contribution >= 4 is 39.1 Å². The van der Waals surface area contributed by atoms with E-state index in [9.17, 15) is 9.59 Å². The summed E-state index contributed by atoms with van der Waals surface area (Å²) < 4.78 is 0.747. The molecule has 0 spiro atoms. The van der Waals surface area contributed by atoms with Gasteiger partial charge in [-0.1, -0.05) is 25.1 Å². The summed E-state index contributed by atoms with van der Waals surface area (Å²) in [5.74, 6) is -0.406. The van der Waals surface area contributed by atoms with Crippen LogP contribution in [0, 0.1) is 6.92 Å². The number of benzene rings is 2. The molecular weight excluding hydrogens is 368 g/mol. The molecule has 2 aromatic carbocycles. The van der Waals surface area contributed by atoms with Gasteiger partial charge in [0.15, 0.2) is 0 Å². The van der Waals surface area contributed by atoms with Gasteiger partial charge in [0.25, 0.3) is 5.91 Å². The molecular formula is C19H19BrN2O2. The van der Waals surface area contributed by atoms with E-state index < -0.39 is 6.04 Å². The fourth-order valence-electron chi connectivity index (χ4n) is 2.83. The summed E-state index contributed by atoms with van der Waals surface area (Å²) in [5.41, 5.74) is 3.75. The van der Waals surface area contributed by atoms with E-state index in [-0.39, 0.29) is 18.2 Å². The fourth-order valence-corrected chi connectivity index (χ4v) is 3.50. The van der Waals surface area contributed by atoms with E-state index in [0.717, 1.165) is 22.1 Å². The van der Waals surface area contributed by atoms with Gasteiger partial charge in [0, 0.05) is 10.2 Å². The summed E-state index contributed by atoms with van der Waals surface area (Å²) in [6, 6.07) is 13.0. The van der Waals surface area contributed by atoms with Crippen molar-refractivity contribution in [2.24, 2.45) is 0 Å². The Hall–Kier alpha value is -2.14. The number of nitrogens with zero attached hydrogens (tertiary/aromatic N) is 1. The average molecular weight is 387 g/mol. The zero-order valence-electron chi connectivity index (χ0n) is 13.7. The summed E-state index contributed by atoms with van der Waals surface area (Å²) in [7, 11) is 0. The second-order valence-electron chi connectivity index (χ2n) is 5.97. The zero-order valence-corrected chi connectivity index (χ0v) is 15.3. The molecule has 2 amide bonds. The van der Waals surface area contributed by atoms with Gasteiger partial charge in [0.1, 0.15) is 6.04 Å². The summed E-state index contributed by atoms with van der Waals surface area (Å²) >= 11 is 3.45. The SMILES string of the molecule is CCc1ccc(N[C@H]2CC(=O)N(c3ccc(C)cc3Br)C2=O)cc1. The maximum Gasteiger partial charge on any atom is 0.256 e. The van der Waals surface area contributed by atoms with Crippen molar-refractivity contribution in [1.82, 2.24) is 0 Å². The second-order valence-corrected chi connectivity index (χ2v) is 6.83. The van der Waals surface area contributed by atoms with Crippen molar-refractivity contribution in [3.63, 3.8) is 0 Å². The minimum atomic E-state index is -0.529. The molecule has 2 aromatic rings. The second kappa shape index (κ2) is 6.77. The number of anilines is 2. The Bertz CT molecular complexity index is 786. The third-order valence-corrected chi connectivity index (χ3v) is 4.83. The molecule has 0 unspecified atom stereocenters. The Labute approximate surface area is 150 Å². The molecule has 5 heteroatoms. The highest BCUT2D eigenvalue weighted by atomic mass is 79.9. The minimum Gasteiger partial charge on any atom is -0.373 e. The van der Waals surface area contributed by atoms with Crippen LogP contribution in [0.5, 0.6) is 0 Å². The summed E-state index contributed by atoms with van der Waals surface area (Å²) in [6.45, 7) is 4.06. The molecule has 1 saturated heterocycles. The standard InChI is InChI=1S/C19H19BrN2O2/c1-3-13-5-7-14(8-6-13)21-16-11-18(23)22(19(16)24)17-9-4-12(2)10-15(17)20/h4-10,16,21H,3,11H2,1-2H3/t16-/m0/s1. The van der Waals surface area contributed by atoms with E-state index in [1.54, 1.807) is 6.07 Å². The van der Waals surface area contributed by atoms with E-state index in [0.29, 0.717) is 5.69 Å². The summed E-state index contributed by atoms with van der Waals surface area (Å²) in [6.07, 6.45) is 1.13. The molecule has 1 aliphatic heterocycles. The van der Waals surface area contributed by atoms with Crippen LogP contribution < -0.4 is 10.2 Å². The Morgan fingerprint density at radius 1 is 1.17 bits per heavy atom. The van der Waals surface area contributed by atoms with Crippen molar-refractivity contribution in [2.75, 3.05) is 10.2 Å². The van der Waals surface area contributed by atoms with E-state index in [1.165, 1.54) is 10.5 Å². The number of halogens is 1.